The van der Waals surface area contributed by atoms with E-state index >= 15 is 0 Å². The van der Waals surface area contributed by atoms with Crippen molar-refractivity contribution in [1.82, 2.24) is 9.80 Å². The van der Waals surface area contributed by atoms with Gasteiger partial charge >= 0.3 is 0 Å². The molecule has 2 aromatic carbocycles. The summed E-state index contributed by atoms with van der Waals surface area (Å²) in [5.41, 5.74) is 1.66. The molecule has 6 heteroatoms. The Kier molecular flexibility index (Phi) is 5.28. The van der Waals surface area contributed by atoms with Crippen LogP contribution in [0.3, 0.4) is 0 Å². The maximum atomic E-state index is 13.2. The van der Waals surface area contributed by atoms with E-state index in [-0.39, 0.29) is 23.8 Å². The van der Waals surface area contributed by atoms with E-state index < -0.39 is 0 Å². The number of piperazine rings is 1. The standard InChI is InChI=1S/C23H25FN2O3/c1-15-13-26(16(2)12-25(15)14-17-7-9-19(24)10-8-17)23(27)21-11-18-5-4-6-20(28-3)22(18)29-21/h4-11,15-16H,12-14H2,1-3H3/t15-,16-/m0/s1. The van der Waals surface area contributed by atoms with Gasteiger partial charge in [-0.3, -0.25) is 9.69 Å². The molecule has 0 radical (unpaired) electrons. The number of amides is 1. The molecule has 0 bridgehead atoms. The molecule has 3 aromatic rings. The summed E-state index contributed by atoms with van der Waals surface area (Å²) in [5.74, 6) is 0.611. The lowest BCUT2D eigenvalue weighted by Gasteiger charge is -2.43. The molecule has 152 valence electrons. The van der Waals surface area contributed by atoms with Gasteiger partial charge in [0.1, 0.15) is 5.82 Å². The number of nitrogens with zero attached hydrogens (tertiary/aromatic N) is 2. The van der Waals surface area contributed by atoms with E-state index in [1.807, 2.05) is 42.2 Å². The third-order valence-electron chi connectivity index (χ3n) is 5.61. The predicted octanol–water partition coefficient (Wildman–Crippen LogP) is 4.32. The van der Waals surface area contributed by atoms with Gasteiger partial charge in [0, 0.05) is 37.1 Å². The van der Waals surface area contributed by atoms with E-state index in [4.69, 9.17) is 9.15 Å². The number of carbonyl (C=O) groups excluding carboxylic acids is 1. The van der Waals surface area contributed by atoms with Crippen LogP contribution in [0.15, 0.2) is 52.9 Å². The topological polar surface area (TPSA) is 45.9 Å². The molecule has 0 spiro atoms. The summed E-state index contributed by atoms with van der Waals surface area (Å²) < 4.78 is 24.3. The van der Waals surface area contributed by atoms with E-state index in [9.17, 15) is 9.18 Å². The molecule has 2 heterocycles. The second kappa shape index (κ2) is 7.87. The maximum absolute atomic E-state index is 13.2. The smallest absolute Gasteiger partial charge is 0.289 e. The summed E-state index contributed by atoms with van der Waals surface area (Å²) >= 11 is 0. The summed E-state index contributed by atoms with van der Waals surface area (Å²) in [6, 6.07) is 14.2. The van der Waals surface area contributed by atoms with Crippen molar-refractivity contribution < 1.29 is 18.3 Å². The third kappa shape index (κ3) is 3.85. The van der Waals surface area contributed by atoms with Crippen LogP contribution < -0.4 is 4.74 Å². The van der Waals surface area contributed by atoms with Gasteiger partial charge in [-0.2, -0.15) is 0 Å². The monoisotopic (exact) mass is 396 g/mol. The second-order valence-corrected chi connectivity index (χ2v) is 7.70. The minimum absolute atomic E-state index is 0.0363. The van der Waals surface area contributed by atoms with Crippen LogP contribution >= 0.6 is 0 Å². The zero-order chi connectivity index (χ0) is 20.5. The molecule has 1 aliphatic rings. The largest absolute Gasteiger partial charge is 0.493 e. The third-order valence-corrected chi connectivity index (χ3v) is 5.61. The van der Waals surface area contributed by atoms with Crippen LogP contribution in [0.25, 0.3) is 11.0 Å². The number of furan rings is 1. The van der Waals surface area contributed by atoms with Gasteiger partial charge in [0.2, 0.25) is 0 Å². The van der Waals surface area contributed by atoms with Gasteiger partial charge in [-0.05, 0) is 43.7 Å². The van der Waals surface area contributed by atoms with Gasteiger partial charge in [0.25, 0.3) is 5.91 Å². The SMILES string of the molecule is COc1cccc2cc(C(=O)N3C[C@H](C)N(Cc4ccc(F)cc4)C[C@@H]3C)oc12. The van der Waals surface area contributed by atoms with Crippen LogP contribution in [0.2, 0.25) is 0 Å². The fourth-order valence-electron chi connectivity index (χ4n) is 3.97. The molecule has 1 fully saturated rings. The minimum atomic E-state index is -0.229. The Morgan fingerprint density at radius 3 is 2.62 bits per heavy atom. The van der Waals surface area contributed by atoms with Crippen LogP contribution in [0.4, 0.5) is 4.39 Å². The van der Waals surface area contributed by atoms with Gasteiger partial charge in [-0.25, -0.2) is 4.39 Å². The number of fused-ring (bicyclic) bond motifs is 1. The molecule has 0 N–H and O–H groups in total. The van der Waals surface area contributed by atoms with Crippen molar-refractivity contribution in [3.63, 3.8) is 0 Å². The lowest BCUT2D eigenvalue weighted by molar-refractivity contribution is 0.0269. The average Bonchev–Trinajstić information content (AvgIpc) is 3.16. The number of ether oxygens (including phenoxy) is 1. The van der Waals surface area contributed by atoms with Gasteiger partial charge in [-0.1, -0.05) is 24.3 Å². The Morgan fingerprint density at radius 2 is 1.90 bits per heavy atom. The van der Waals surface area contributed by atoms with E-state index in [1.54, 1.807) is 13.2 Å². The van der Waals surface area contributed by atoms with Crippen molar-refractivity contribution in [1.29, 1.82) is 0 Å². The number of rotatable bonds is 4. The van der Waals surface area contributed by atoms with E-state index in [2.05, 4.69) is 11.8 Å². The Labute approximate surface area is 169 Å². The highest BCUT2D eigenvalue weighted by atomic mass is 19.1. The Balaban J connectivity index is 1.50. The second-order valence-electron chi connectivity index (χ2n) is 7.70. The fourth-order valence-corrected chi connectivity index (χ4v) is 3.97. The highest BCUT2D eigenvalue weighted by Crippen LogP contribution is 2.30. The summed E-state index contributed by atoms with van der Waals surface area (Å²) in [6.45, 7) is 6.24. The molecular weight excluding hydrogens is 371 g/mol. The van der Waals surface area contributed by atoms with Crippen LogP contribution in [-0.2, 0) is 6.54 Å². The molecule has 29 heavy (non-hydrogen) atoms. The van der Waals surface area contributed by atoms with Gasteiger partial charge in [0.05, 0.1) is 7.11 Å². The maximum Gasteiger partial charge on any atom is 0.289 e. The summed E-state index contributed by atoms with van der Waals surface area (Å²) in [4.78, 5) is 17.4. The quantitative estimate of drug-likeness (QED) is 0.659. The molecule has 0 unspecified atom stereocenters. The molecule has 1 saturated heterocycles. The zero-order valence-corrected chi connectivity index (χ0v) is 16.9. The Bertz CT molecular complexity index is 1010. The van der Waals surface area contributed by atoms with E-state index in [0.717, 1.165) is 24.0 Å². The van der Waals surface area contributed by atoms with Crippen LogP contribution in [-0.4, -0.2) is 48.0 Å². The van der Waals surface area contributed by atoms with Crippen molar-refractivity contribution >= 4 is 16.9 Å². The highest BCUT2D eigenvalue weighted by molar-refractivity contribution is 5.97. The van der Waals surface area contributed by atoms with Crippen LogP contribution in [0.1, 0.15) is 30.0 Å². The fraction of sp³-hybridized carbons (Fsp3) is 0.348. The molecule has 4 rings (SSSR count). The lowest BCUT2D eigenvalue weighted by Crippen LogP contribution is -2.57. The first-order chi connectivity index (χ1) is 14.0. The number of hydrogen-bond donors (Lipinski definition) is 0. The molecule has 5 nitrogen and oxygen atoms in total. The minimum Gasteiger partial charge on any atom is -0.493 e. The van der Waals surface area contributed by atoms with Crippen molar-refractivity contribution in [3.05, 3.63) is 65.7 Å². The van der Waals surface area contributed by atoms with Crippen molar-refractivity contribution in [2.24, 2.45) is 0 Å². The van der Waals surface area contributed by atoms with Gasteiger partial charge < -0.3 is 14.1 Å². The molecule has 2 atom stereocenters. The Morgan fingerprint density at radius 1 is 1.14 bits per heavy atom. The zero-order valence-electron chi connectivity index (χ0n) is 16.9. The number of benzene rings is 2. The highest BCUT2D eigenvalue weighted by Gasteiger charge is 2.33. The molecule has 1 amide bonds. The van der Waals surface area contributed by atoms with Crippen molar-refractivity contribution in [3.8, 4) is 5.75 Å². The van der Waals surface area contributed by atoms with Gasteiger partial charge in [0.15, 0.2) is 17.1 Å². The number of hydrogen-bond acceptors (Lipinski definition) is 4. The van der Waals surface area contributed by atoms with Crippen molar-refractivity contribution in [2.75, 3.05) is 20.2 Å². The normalized spacial score (nSPS) is 20.2. The van der Waals surface area contributed by atoms with Gasteiger partial charge in [-0.15, -0.1) is 0 Å². The van der Waals surface area contributed by atoms with E-state index in [1.165, 1.54) is 12.1 Å². The average molecular weight is 396 g/mol. The summed E-state index contributed by atoms with van der Waals surface area (Å²) in [7, 11) is 1.59. The Hall–Kier alpha value is -2.86. The summed E-state index contributed by atoms with van der Waals surface area (Å²) in [5, 5.41) is 0.850. The molecule has 0 saturated carbocycles. The molecule has 0 aliphatic carbocycles. The number of methoxy groups -OCH3 is 1. The van der Waals surface area contributed by atoms with Crippen LogP contribution in [0, 0.1) is 5.82 Å². The first-order valence-electron chi connectivity index (χ1n) is 9.82. The van der Waals surface area contributed by atoms with Crippen LogP contribution in [0.5, 0.6) is 5.75 Å². The predicted molar refractivity (Wildman–Crippen MR) is 110 cm³/mol. The number of halogens is 1. The molecular formula is C23H25FN2O3. The molecule has 1 aromatic heterocycles. The lowest BCUT2D eigenvalue weighted by atomic mass is 10.1. The number of carbonyl (C=O) groups is 1. The number of para-hydroxylation sites is 1. The van der Waals surface area contributed by atoms with E-state index in [0.29, 0.717) is 23.6 Å². The molecule has 1 aliphatic heterocycles. The van der Waals surface area contributed by atoms with Crippen molar-refractivity contribution in [2.45, 2.75) is 32.5 Å². The first kappa shape index (κ1) is 19.5. The first-order valence-corrected chi connectivity index (χ1v) is 9.82. The summed E-state index contributed by atoms with van der Waals surface area (Å²) in [6.07, 6.45) is 0.